The lowest BCUT2D eigenvalue weighted by molar-refractivity contribution is -0.128. The molecule has 1 N–H and O–H groups in total. The molecule has 2 aromatic carbocycles. The molecule has 0 aliphatic heterocycles. The summed E-state index contributed by atoms with van der Waals surface area (Å²) in [5.41, 5.74) is 1.92. The molecule has 0 bridgehead atoms. The van der Waals surface area contributed by atoms with Crippen molar-refractivity contribution in [3.8, 4) is 5.75 Å². The fourth-order valence-electron chi connectivity index (χ4n) is 4.45. The number of alkyl halides is 1. The quantitative estimate of drug-likeness (QED) is 0.693. The van der Waals surface area contributed by atoms with Gasteiger partial charge in [-0.3, -0.25) is 9.59 Å². The average molecular weight is 423 g/mol. The van der Waals surface area contributed by atoms with E-state index in [1.165, 1.54) is 6.08 Å². The molecule has 0 amide bonds. The van der Waals surface area contributed by atoms with Gasteiger partial charge in [-0.2, -0.15) is 0 Å². The first-order valence-electron chi connectivity index (χ1n) is 8.88. The molecule has 4 heteroatoms. The highest BCUT2D eigenvalue weighted by molar-refractivity contribution is 9.10. The van der Waals surface area contributed by atoms with Crippen LogP contribution in [0.3, 0.4) is 0 Å². The van der Waals surface area contributed by atoms with Crippen molar-refractivity contribution in [3.63, 3.8) is 0 Å². The van der Waals surface area contributed by atoms with Gasteiger partial charge in [-0.05, 0) is 47.4 Å². The van der Waals surface area contributed by atoms with Crippen LogP contribution in [-0.4, -0.2) is 21.0 Å². The molecule has 0 saturated carbocycles. The molecule has 0 saturated heterocycles. The molecular weight excluding hydrogens is 404 g/mol. The Morgan fingerprint density at radius 2 is 1.96 bits per heavy atom. The number of rotatable bonds is 2. The van der Waals surface area contributed by atoms with Crippen molar-refractivity contribution in [3.05, 3.63) is 77.9 Å². The highest BCUT2D eigenvalue weighted by atomic mass is 79.9. The Morgan fingerprint density at radius 3 is 2.70 bits per heavy atom. The fraction of sp³-hybridized carbons (Fsp3) is 0.217. The van der Waals surface area contributed by atoms with Crippen molar-refractivity contribution in [2.75, 3.05) is 0 Å². The van der Waals surface area contributed by atoms with E-state index < -0.39 is 16.2 Å². The summed E-state index contributed by atoms with van der Waals surface area (Å²) in [7, 11) is 0. The van der Waals surface area contributed by atoms with Gasteiger partial charge in [-0.25, -0.2) is 0 Å². The van der Waals surface area contributed by atoms with Crippen LogP contribution in [0.25, 0.3) is 10.8 Å². The molecule has 3 atom stereocenters. The van der Waals surface area contributed by atoms with E-state index in [4.69, 9.17) is 0 Å². The molecule has 0 spiro atoms. The summed E-state index contributed by atoms with van der Waals surface area (Å²) in [6, 6.07) is 11.2. The minimum Gasteiger partial charge on any atom is -0.508 e. The number of carbonyl (C=O) groups excluding carboxylic acids is 2. The number of phenolic OH excluding ortho intramolecular Hbond substituents is 1. The third kappa shape index (κ3) is 2.47. The summed E-state index contributed by atoms with van der Waals surface area (Å²) in [5.74, 6) is -1.09. The third-order valence-electron chi connectivity index (χ3n) is 5.73. The molecule has 0 unspecified atom stereocenters. The maximum Gasteiger partial charge on any atom is 0.177 e. The van der Waals surface area contributed by atoms with Crippen molar-refractivity contribution in [2.24, 2.45) is 5.92 Å². The molecule has 136 valence electrons. The number of Topliss-reactive ketones (excluding diaryl/α,β-unsaturated/α-hetero) is 1. The van der Waals surface area contributed by atoms with Gasteiger partial charge in [-0.15, -0.1) is 0 Å². The monoisotopic (exact) mass is 422 g/mol. The van der Waals surface area contributed by atoms with Crippen molar-refractivity contribution in [1.29, 1.82) is 0 Å². The molecule has 27 heavy (non-hydrogen) atoms. The summed E-state index contributed by atoms with van der Waals surface area (Å²) in [6.07, 6.45) is 5.58. The van der Waals surface area contributed by atoms with Crippen molar-refractivity contribution in [1.82, 2.24) is 0 Å². The van der Waals surface area contributed by atoms with Crippen LogP contribution in [-0.2, 0) is 9.59 Å². The van der Waals surface area contributed by atoms with Gasteiger partial charge in [0.15, 0.2) is 11.6 Å². The van der Waals surface area contributed by atoms with E-state index in [9.17, 15) is 14.7 Å². The topological polar surface area (TPSA) is 54.4 Å². The summed E-state index contributed by atoms with van der Waals surface area (Å²) in [4.78, 5) is 26.0. The van der Waals surface area contributed by atoms with Gasteiger partial charge < -0.3 is 5.11 Å². The first-order valence-corrected chi connectivity index (χ1v) is 9.67. The number of aromatic hydroxyl groups is 1. The zero-order valence-electron chi connectivity index (χ0n) is 14.9. The standard InChI is InChI=1S/C23H19BrO3/c1-3-14-8-10-17-19(26)12-13(2)22(27)23(17,24)21(14)20-16-7-5-4-6-15(16)9-11-18(20)25/h3-9,11-12,17,21,25H,1,10H2,2H3/t17-,21+,23-/m0/s1. The lowest BCUT2D eigenvalue weighted by Gasteiger charge is -2.45. The highest BCUT2D eigenvalue weighted by Crippen LogP contribution is 2.56. The maximum absolute atomic E-state index is 13.3. The van der Waals surface area contributed by atoms with Crippen LogP contribution in [0.4, 0.5) is 0 Å². The van der Waals surface area contributed by atoms with Gasteiger partial charge in [0, 0.05) is 17.4 Å². The van der Waals surface area contributed by atoms with Crippen LogP contribution in [0.5, 0.6) is 5.75 Å². The van der Waals surface area contributed by atoms with Gasteiger partial charge in [-0.1, -0.05) is 65.0 Å². The highest BCUT2D eigenvalue weighted by Gasteiger charge is 2.57. The van der Waals surface area contributed by atoms with E-state index in [0.29, 0.717) is 17.6 Å². The molecule has 0 fully saturated rings. The predicted molar refractivity (Wildman–Crippen MR) is 110 cm³/mol. The Morgan fingerprint density at radius 1 is 1.22 bits per heavy atom. The van der Waals surface area contributed by atoms with Crippen molar-refractivity contribution >= 4 is 38.3 Å². The minimum atomic E-state index is -1.14. The summed E-state index contributed by atoms with van der Waals surface area (Å²) >= 11 is 3.71. The molecule has 0 radical (unpaired) electrons. The van der Waals surface area contributed by atoms with Crippen LogP contribution in [0.2, 0.25) is 0 Å². The van der Waals surface area contributed by atoms with Gasteiger partial charge >= 0.3 is 0 Å². The Labute approximate surface area is 166 Å². The summed E-state index contributed by atoms with van der Waals surface area (Å²) in [6.45, 7) is 5.59. The van der Waals surface area contributed by atoms with E-state index in [1.807, 2.05) is 36.4 Å². The number of allylic oxidation sites excluding steroid dienone is 5. The van der Waals surface area contributed by atoms with Gasteiger partial charge in [0.25, 0.3) is 0 Å². The molecule has 2 aliphatic rings. The van der Waals surface area contributed by atoms with Crippen LogP contribution in [0, 0.1) is 5.92 Å². The van der Waals surface area contributed by atoms with Crippen LogP contribution >= 0.6 is 15.9 Å². The van der Waals surface area contributed by atoms with Gasteiger partial charge in [0.05, 0.1) is 0 Å². The number of hydrogen-bond donors (Lipinski definition) is 1. The number of carbonyl (C=O) groups is 2. The molecule has 4 rings (SSSR count). The predicted octanol–water partition coefficient (Wildman–Crippen LogP) is 4.99. The number of benzene rings is 2. The first-order chi connectivity index (χ1) is 12.9. The van der Waals surface area contributed by atoms with Crippen molar-refractivity contribution < 1.29 is 14.7 Å². The largest absolute Gasteiger partial charge is 0.508 e. The Bertz CT molecular complexity index is 1060. The Balaban J connectivity index is 2.07. The number of ketones is 2. The SMILES string of the molecule is C=CC1=CC[C@H]2C(=O)C=C(C)C(=O)[C@@]2(Br)[C@H]1c1c(O)ccc2ccccc12. The minimum absolute atomic E-state index is 0.0620. The lowest BCUT2D eigenvalue weighted by Crippen LogP contribution is -2.53. The smallest absolute Gasteiger partial charge is 0.177 e. The average Bonchev–Trinajstić information content (AvgIpc) is 2.66. The number of fused-ring (bicyclic) bond motifs is 2. The number of phenols is 1. The van der Waals surface area contributed by atoms with Crippen LogP contribution in [0.1, 0.15) is 24.8 Å². The van der Waals surface area contributed by atoms with E-state index in [1.54, 1.807) is 19.1 Å². The van der Waals surface area contributed by atoms with Crippen molar-refractivity contribution in [2.45, 2.75) is 23.6 Å². The first kappa shape index (κ1) is 17.9. The van der Waals surface area contributed by atoms with Gasteiger partial charge in [0.1, 0.15) is 10.1 Å². The zero-order valence-corrected chi connectivity index (χ0v) is 16.5. The zero-order chi connectivity index (χ0) is 19.3. The maximum atomic E-state index is 13.3. The van der Waals surface area contributed by atoms with E-state index in [0.717, 1.165) is 16.3 Å². The fourth-order valence-corrected chi connectivity index (χ4v) is 5.67. The number of hydrogen-bond acceptors (Lipinski definition) is 3. The third-order valence-corrected chi connectivity index (χ3v) is 7.10. The van der Waals surface area contributed by atoms with Crippen LogP contribution in [0.15, 0.2) is 72.4 Å². The second-order valence-corrected chi connectivity index (χ2v) is 8.49. The molecular formula is C23H19BrO3. The molecule has 2 aliphatic carbocycles. The molecule has 2 aromatic rings. The molecule has 0 aromatic heterocycles. The van der Waals surface area contributed by atoms with Gasteiger partial charge in [0.2, 0.25) is 0 Å². The number of halogens is 1. The Kier molecular flexibility index (Phi) is 4.19. The molecule has 0 heterocycles. The van der Waals surface area contributed by atoms with E-state index in [2.05, 4.69) is 22.5 Å². The van der Waals surface area contributed by atoms with E-state index >= 15 is 0 Å². The molecule has 3 nitrogen and oxygen atoms in total. The normalized spacial score (nSPS) is 27.8. The summed E-state index contributed by atoms with van der Waals surface area (Å²) in [5, 5.41) is 12.6. The van der Waals surface area contributed by atoms with Crippen LogP contribution < -0.4 is 0 Å². The lowest BCUT2D eigenvalue weighted by atomic mass is 9.62. The summed E-state index contributed by atoms with van der Waals surface area (Å²) < 4.78 is -1.14. The second-order valence-electron chi connectivity index (χ2n) is 7.18. The second kappa shape index (κ2) is 6.31. The van der Waals surface area contributed by atoms with E-state index in [-0.39, 0.29) is 17.3 Å². The Hall–Kier alpha value is -2.46.